The molecule has 0 amide bonds. The van der Waals surface area contributed by atoms with Gasteiger partial charge in [0.15, 0.2) is 0 Å². The van der Waals surface area contributed by atoms with Crippen LogP contribution in [0, 0.1) is 5.92 Å². The first-order chi connectivity index (χ1) is 9.36. The lowest BCUT2D eigenvalue weighted by Crippen LogP contribution is -2.17. The molecule has 0 spiro atoms. The Kier molecular flexibility index (Phi) is 2.63. The van der Waals surface area contributed by atoms with Gasteiger partial charge < -0.3 is 5.32 Å². The van der Waals surface area contributed by atoms with Crippen LogP contribution in [0.25, 0.3) is 10.8 Å². The van der Waals surface area contributed by atoms with E-state index in [1.165, 1.54) is 43.1 Å². The summed E-state index contributed by atoms with van der Waals surface area (Å²) in [6.45, 7) is 0. The van der Waals surface area contributed by atoms with Gasteiger partial charge in [-0.25, -0.2) is 0 Å². The molecule has 2 aliphatic rings. The number of aryl methyl sites for hydroxylation is 2. The minimum absolute atomic E-state index is 0.525. The molecule has 1 N–H and O–H groups in total. The Morgan fingerprint density at radius 1 is 1.11 bits per heavy atom. The molecule has 2 aliphatic carbocycles. The van der Waals surface area contributed by atoms with E-state index >= 15 is 0 Å². The van der Waals surface area contributed by atoms with Crippen LogP contribution < -0.4 is 5.32 Å². The minimum Gasteiger partial charge on any atom is -0.313 e. The highest BCUT2D eigenvalue weighted by atomic mass is 14.9. The van der Waals surface area contributed by atoms with Crippen LogP contribution in [-0.2, 0) is 12.8 Å². The standard InChI is InChI=1S/C18H21N/c1-19-17(11-12-5-6-12)15-10-9-14-8-7-13-3-2-4-16(15)18(13)14/h2-4,9-10,12,17,19H,5-8,11H2,1H3. The van der Waals surface area contributed by atoms with Gasteiger partial charge in [-0.05, 0) is 59.7 Å². The Morgan fingerprint density at radius 3 is 2.63 bits per heavy atom. The number of hydrogen-bond acceptors (Lipinski definition) is 1. The molecule has 2 aromatic carbocycles. The van der Waals surface area contributed by atoms with Crippen molar-refractivity contribution < 1.29 is 0 Å². The third kappa shape index (κ3) is 1.88. The fraction of sp³-hybridized carbons (Fsp3) is 0.444. The van der Waals surface area contributed by atoms with Crippen LogP contribution >= 0.6 is 0 Å². The highest BCUT2D eigenvalue weighted by Crippen LogP contribution is 2.41. The van der Waals surface area contributed by atoms with Crippen molar-refractivity contribution in [3.63, 3.8) is 0 Å². The molecular weight excluding hydrogens is 230 g/mol. The van der Waals surface area contributed by atoms with E-state index in [1.54, 1.807) is 16.5 Å². The lowest BCUT2D eigenvalue weighted by atomic mass is 9.93. The second-order valence-electron chi connectivity index (χ2n) is 6.17. The van der Waals surface area contributed by atoms with E-state index in [4.69, 9.17) is 0 Å². The first-order valence-electron chi connectivity index (χ1n) is 7.57. The topological polar surface area (TPSA) is 12.0 Å². The largest absolute Gasteiger partial charge is 0.313 e. The summed E-state index contributed by atoms with van der Waals surface area (Å²) in [6, 6.07) is 12.1. The zero-order chi connectivity index (χ0) is 12.8. The molecule has 98 valence electrons. The third-order valence-electron chi connectivity index (χ3n) is 4.90. The van der Waals surface area contributed by atoms with Gasteiger partial charge in [-0.15, -0.1) is 0 Å². The molecule has 1 heteroatoms. The molecule has 0 saturated heterocycles. The smallest absolute Gasteiger partial charge is 0.0326 e. The molecule has 0 bridgehead atoms. The van der Waals surface area contributed by atoms with Gasteiger partial charge in [-0.1, -0.05) is 43.2 Å². The van der Waals surface area contributed by atoms with Crippen LogP contribution in [0.1, 0.15) is 42.0 Å². The van der Waals surface area contributed by atoms with E-state index in [1.807, 2.05) is 0 Å². The molecule has 4 rings (SSSR count). The maximum absolute atomic E-state index is 3.54. The Morgan fingerprint density at radius 2 is 1.89 bits per heavy atom. The zero-order valence-corrected chi connectivity index (χ0v) is 11.6. The SMILES string of the molecule is CNC(CC1CC1)c1ccc2c3c(cccc13)CC2. The summed E-state index contributed by atoms with van der Waals surface area (Å²) >= 11 is 0. The van der Waals surface area contributed by atoms with Gasteiger partial charge in [0.25, 0.3) is 0 Å². The Labute approximate surface area is 115 Å². The van der Waals surface area contributed by atoms with Crippen molar-refractivity contribution in [2.75, 3.05) is 7.05 Å². The maximum Gasteiger partial charge on any atom is 0.0326 e. The van der Waals surface area contributed by atoms with Gasteiger partial charge in [0.05, 0.1) is 0 Å². The van der Waals surface area contributed by atoms with Crippen molar-refractivity contribution in [3.8, 4) is 0 Å². The summed E-state index contributed by atoms with van der Waals surface area (Å²) in [7, 11) is 2.11. The Bertz CT molecular complexity index is 615. The molecule has 1 unspecified atom stereocenters. The average Bonchev–Trinajstić information content (AvgIpc) is 3.17. The van der Waals surface area contributed by atoms with Crippen LogP contribution in [0.5, 0.6) is 0 Å². The van der Waals surface area contributed by atoms with E-state index in [9.17, 15) is 0 Å². The molecule has 0 aromatic heterocycles. The van der Waals surface area contributed by atoms with Gasteiger partial charge >= 0.3 is 0 Å². The predicted octanol–water partition coefficient (Wildman–Crippen LogP) is 4.00. The number of benzene rings is 2. The first kappa shape index (κ1) is 11.5. The second-order valence-corrected chi connectivity index (χ2v) is 6.17. The van der Waals surface area contributed by atoms with E-state index < -0.39 is 0 Å². The van der Waals surface area contributed by atoms with Crippen molar-refractivity contribution in [1.82, 2.24) is 5.32 Å². The molecule has 0 aliphatic heterocycles. The summed E-state index contributed by atoms with van der Waals surface area (Å²) in [5.41, 5.74) is 4.61. The molecule has 0 heterocycles. The first-order valence-corrected chi connectivity index (χ1v) is 7.57. The minimum atomic E-state index is 0.525. The zero-order valence-electron chi connectivity index (χ0n) is 11.6. The maximum atomic E-state index is 3.54. The molecule has 1 atom stereocenters. The normalized spacial score (nSPS) is 19.0. The van der Waals surface area contributed by atoms with Crippen molar-refractivity contribution in [1.29, 1.82) is 0 Å². The summed E-state index contributed by atoms with van der Waals surface area (Å²) in [5, 5.41) is 6.59. The van der Waals surface area contributed by atoms with Gasteiger partial charge in [-0.2, -0.15) is 0 Å². The summed E-state index contributed by atoms with van der Waals surface area (Å²) in [5.74, 6) is 0.959. The number of rotatable bonds is 4. The van der Waals surface area contributed by atoms with Crippen molar-refractivity contribution in [2.24, 2.45) is 5.92 Å². The summed E-state index contributed by atoms with van der Waals surface area (Å²) < 4.78 is 0. The van der Waals surface area contributed by atoms with Gasteiger partial charge in [0.1, 0.15) is 0 Å². The third-order valence-corrected chi connectivity index (χ3v) is 4.90. The highest BCUT2D eigenvalue weighted by molar-refractivity contribution is 5.93. The van der Waals surface area contributed by atoms with Crippen LogP contribution in [0.15, 0.2) is 30.3 Å². The van der Waals surface area contributed by atoms with Crippen LogP contribution in [0.3, 0.4) is 0 Å². The molecule has 1 fully saturated rings. The van der Waals surface area contributed by atoms with Crippen LogP contribution in [0.4, 0.5) is 0 Å². The van der Waals surface area contributed by atoms with E-state index in [2.05, 4.69) is 42.7 Å². The highest BCUT2D eigenvalue weighted by Gasteiger charge is 2.27. The second kappa shape index (κ2) is 4.35. The monoisotopic (exact) mass is 251 g/mol. The lowest BCUT2D eigenvalue weighted by Gasteiger charge is -2.19. The Balaban J connectivity index is 1.85. The predicted molar refractivity (Wildman–Crippen MR) is 80.5 cm³/mol. The average molecular weight is 251 g/mol. The fourth-order valence-corrected chi connectivity index (χ4v) is 3.66. The number of hydrogen-bond donors (Lipinski definition) is 1. The summed E-state index contributed by atoms with van der Waals surface area (Å²) in [6.07, 6.45) is 6.61. The summed E-state index contributed by atoms with van der Waals surface area (Å²) in [4.78, 5) is 0. The van der Waals surface area contributed by atoms with Crippen molar-refractivity contribution in [2.45, 2.75) is 38.1 Å². The fourth-order valence-electron chi connectivity index (χ4n) is 3.66. The van der Waals surface area contributed by atoms with Crippen LogP contribution in [0.2, 0.25) is 0 Å². The Hall–Kier alpha value is -1.34. The van der Waals surface area contributed by atoms with Gasteiger partial charge in [0.2, 0.25) is 0 Å². The lowest BCUT2D eigenvalue weighted by molar-refractivity contribution is 0.517. The van der Waals surface area contributed by atoms with E-state index in [0.29, 0.717) is 6.04 Å². The number of nitrogens with one attached hydrogen (secondary N) is 1. The van der Waals surface area contributed by atoms with Crippen LogP contribution in [-0.4, -0.2) is 7.05 Å². The van der Waals surface area contributed by atoms with Crippen molar-refractivity contribution in [3.05, 3.63) is 47.0 Å². The van der Waals surface area contributed by atoms with Gasteiger partial charge in [-0.3, -0.25) is 0 Å². The van der Waals surface area contributed by atoms with Crippen molar-refractivity contribution >= 4 is 10.8 Å². The molecular formula is C18H21N. The molecule has 19 heavy (non-hydrogen) atoms. The quantitative estimate of drug-likeness (QED) is 0.866. The van der Waals surface area contributed by atoms with E-state index in [0.717, 1.165) is 5.92 Å². The molecule has 1 nitrogen and oxygen atoms in total. The molecule has 1 saturated carbocycles. The molecule has 0 radical (unpaired) electrons. The molecule has 2 aromatic rings. The van der Waals surface area contributed by atoms with Gasteiger partial charge in [0, 0.05) is 6.04 Å². The van der Waals surface area contributed by atoms with E-state index in [-0.39, 0.29) is 0 Å².